The van der Waals surface area contributed by atoms with Crippen LogP contribution in [0.1, 0.15) is 60.4 Å². The molecule has 1 saturated heterocycles. The molecule has 0 bridgehead atoms. The largest absolute Gasteiger partial charge is 0.462 e. The second kappa shape index (κ2) is 12.5. The summed E-state index contributed by atoms with van der Waals surface area (Å²) in [5.41, 5.74) is -3.49. The van der Waals surface area contributed by atoms with Gasteiger partial charge in [-0.2, -0.15) is 4.98 Å². The molecule has 2 heterocycles. The van der Waals surface area contributed by atoms with Gasteiger partial charge in [0.2, 0.25) is 0 Å². The van der Waals surface area contributed by atoms with E-state index in [1.807, 2.05) is 0 Å². The molecule has 0 aliphatic carbocycles. The summed E-state index contributed by atoms with van der Waals surface area (Å²) in [7, 11) is -4.53. The number of nitrogens with one attached hydrogen (secondary N) is 2. The molecule has 13 nitrogen and oxygen atoms in total. The molecule has 0 saturated carbocycles. The summed E-state index contributed by atoms with van der Waals surface area (Å²) < 4.78 is 66.3. The van der Waals surface area contributed by atoms with E-state index in [1.54, 1.807) is 27.7 Å². The monoisotopic (exact) mass is 582 g/mol. The predicted molar refractivity (Wildman–Crippen MR) is 134 cm³/mol. The van der Waals surface area contributed by atoms with Crippen molar-refractivity contribution in [3.63, 3.8) is 0 Å². The molecule has 1 aliphatic heterocycles. The predicted octanol–water partition coefficient (Wildman–Crippen LogP) is 1.82. The Morgan fingerprint density at radius 2 is 1.62 bits per heavy atom. The van der Waals surface area contributed by atoms with Crippen LogP contribution in [-0.4, -0.2) is 75.1 Å². The summed E-state index contributed by atoms with van der Waals surface area (Å²) in [5, 5.41) is 15.2. The van der Waals surface area contributed by atoms with Crippen molar-refractivity contribution >= 4 is 19.6 Å². The fourth-order valence-electron chi connectivity index (χ4n) is 3.61. The number of carbonyl (C=O) groups is 2. The molecule has 16 heteroatoms. The number of ether oxygens (including phenoxy) is 3. The second-order valence-corrected chi connectivity index (χ2v) is 11.9. The van der Waals surface area contributed by atoms with Gasteiger partial charge in [0.15, 0.2) is 18.0 Å². The molecule has 1 aromatic rings. The van der Waals surface area contributed by atoms with Crippen molar-refractivity contribution < 1.29 is 46.8 Å². The highest BCUT2D eigenvalue weighted by molar-refractivity contribution is 7.54. The molecule has 3 N–H and O–H groups in total. The van der Waals surface area contributed by atoms with Crippen LogP contribution in [0, 0.1) is 6.92 Å². The lowest BCUT2D eigenvalue weighted by Crippen LogP contribution is -2.48. The number of carbonyl (C=O) groups excluding carboxylic acids is 2. The molecule has 0 aromatic carbocycles. The van der Waals surface area contributed by atoms with Gasteiger partial charge in [-0.3, -0.25) is 23.2 Å². The maximum absolute atomic E-state index is 15.9. The first-order valence-electron chi connectivity index (χ1n) is 12.3. The quantitative estimate of drug-likeness (QED) is 0.242. The molecule has 0 radical (unpaired) electrons. The number of aliphatic hydroxyl groups is 1. The number of alkyl halides is 2. The molecule has 1 fully saturated rings. The average Bonchev–Trinajstić information content (AvgIpc) is 2.97. The third-order valence-electron chi connectivity index (χ3n) is 5.54. The van der Waals surface area contributed by atoms with E-state index in [1.165, 1.54) is 26.8 Å². The molecular formula is C23H37F2N4O9P. The lowest BCUT2D eigenvalue weighted by molar-refractivity contribution is -0.203. The van der Waals surface area contributed by atoms with Crippen LogP contribution in [0.2, 0.25) is 0 Å². The lowest BCUT2D eigenvalue weighted by atomic mass is 9.97. The van der Waals surface area contributed by atoms with Crippen molar-refractivity contribution in [3.8, 4) is 0 Å². The van der Waals surface area contributed by atoms with E-state index >= 15 is 8.78 Å². The molecular weight excluding hydrogens is 545 g/mol. The van der Waals surface area contributed by atoms with Crippen molar-refractivity contribution in [3.05, 3.63) is 28.4 Å². The Morgan fingerprint density at radius 3 is 2.05 bits per heavy atom. The van der Waals surface area contributed by atoms with Crippen LogP contribution < -0.4 is 15.9 Å². The van der Waals surface area contributed by atoms with Crippen LogP contribution in [0.15, 0.2) is 17.1 Å². The standard InChI is InChI=1S/C23H37F2N4O9P/c1-12(2)36-17(30)15(6)27-39(34,28-16(7)18(31)37-13(3)4)35-11-23(25)19(32)22(8,24)20(38-23)29-10-9-14(5)26-21(29)33/h9-10,12-13,15-16,19-20,32H,11H2,1-8H3,(H2,27,28,34)/t15-,16-,19-,20+,22+,23+/m0/s1. The number of rotatable bonds is 12. The molecule has 1 aromatic heterocycles. The average molecular weight is 583 g/mol. The van der Waals surface area contributed by atoms with E-state index in [4.69, 9.17) is 18.7 Å². The number of aliphatic hydroxyl groups excluding tert-OH is 1. The minimum absolute atomic E-state index is 0.318. The minimum Gasteiger partial charge on any atom is -0.462 e. The third kappa shape index (κ3) is 8.12. The Morgan fingerprint density at radius 1 is 1.13 bits per heavy atom. The fraction of sp³-hybridized carbons (Fsp3) is 0.739. The Kier molecular flexibility index (Phi) is 10.5. The summed E-state index contributed by atoms with van der Waals surface area (Å²) >= 11 is 0. The smallest absolute Gasteiger partial charge is 0.349 e. The van der Waals surface area contributed by atoms with Crippen LogP contribution in [0.3, 0.4) is 0 Å². The number of hydrogen-bond donors (Lipinski definition) is 3. The Balaban J connectivity index is 2.32. The Bertz CT molecular complexity index is 1110. The van der Waals surface area contributed by atoms with Crippen LogP contribution in [0.25, 0.3) is 0 Å². The highest BCUT2D eigenvalue weighted by Gasteiger charge is 2.65. The van der Waals surface area contributed by atoms with E-state index in [2.05, 4.69) is 15.2 Å². The van der Waals surface area contributed by atoms with Crippen molar-refractivity contribution in [2.75, 3.05) is 6.61 Å². The zero-order valence-electron chi connectivity index (χ0n) is 23.1. The summed E-state index contributed by atoms with van der Waals surface area (Å²) in [5.74, 6) is -4.98. The normalized spacial score (nSPS) is 27.0. The maximum Gasteiger partial charge on any atom is 0.349 e. The topological polar surface area (TPSA) is 167 Å². The highest BCUT2D eigenvalue weighted by atomic mass is 31.2. The Labute approximate surface area is 225 Å². The van der Waals surface area contributed by atoms with E-state index in [9.17, 15) is 24.1 Å². The summed E-state index contributed by atoms with van der Waals surface area (Å²) in [4.78, 5) is 40.6. The van der Waals surface area contributed by atoms with E-state index < -0.39 is 80.1 Å². The molecule has 39 heavy (non-hydrogen) atoms. The first-order chi connectivity index (χ1) is 17.8. The highest BCUT2D eigenvalue weighted by Crippen LogP contribution is 2.49. The van der Waals surface area contributed by atoms with Gasteiger partial charge in [-0.15, -0.1) is 0 Å². The number of hydrogen-bond acceptors (Lipinski definition) is 10. The molecule has 2 rings (SSSR count). The van der Waals surface area contributed by atoms with Gasteiger partial charge in [-0.05, 0) is 61.5 Å². The SMILES string of the molecule is Cc1ccn([C@@H]2O[C@](F)(COP(=O)(N[C@@H](C)C(=O)OC(C)C)N[C@@H](C)C(=O)OC(C)C)[C@@H](O)[C@@]2(C)F)c(=O)n1. The van der Waals surface area contributed by atoms with Crippen molar-refractivity contribution in [1.82, 2.24) is 19.7 Å². The molecule has 222 valence electrons. The molecule has 0 amide bonds. The number of esters is 2. The lowest BCUT2D eigenvalue weighted by Gasteiger charge is -2.30. The molecule has 6 atom stereocenters. The van der Waals surface area contributed by atoms with Gasteiger partial charge in [0.1, 0.15) is 18.7 Å². The molecule has 1 aliphatic rings. The van der Waals surface area contributed by atoms with Gasteiger partial charge in [-0.25, -0.2) is 23.7 Å². The first kappa shape index (κ1) is 32.9. The number of nitrogens with zero attached hydrogens (tertiary/aromatic N) is 2. The third-order valence-corrected chi connectivity index (χ3v) is 7.48. The van der Waals surface area contributed by atoms with Crippen LogP contribution in [0.4, 0.5) is 8.78 Å². The summed E-state index contributed by atoms with van der Waals surface area (Å²) in [6, 6.07) is -1.19. The minimum atomic E-state index is -4.53. The van der Waals surface area contributed by atoms with Gasteiger partial charge < -0.3 is 19.3 Å². The van der Waals surface area contributed by atoms with Gasteiger partial charge in [-0.1, -0.05) is 0 Å². The zero-order chi connectivity index (χ0) is 29.9. The summed E-state index contributed by atoms with van der Waals surface area (Å²) in [6.07, 6.45) is -4.36. The number of aryl methyl sites for hydroxylation is 1. The second-order valence-electron chi connectivity index (χ2n) is 10.1. The van der Waals surface area contributed by atoms with Crippen LogP contribution in [0.5, 0.6) is 0 Å². The van der Waals surface area contributed by atoms with Gasteiger partial charge in [0.05, 0.1) is 12.2 Å². The van der Waals surface area contributed by atoms with Crippen LogP contribution in [-0.2, 0) is 32.9 Å². The molecule has 0 spiro atoms. The number of halogens is 2. The Hall–Kier alpha value is -2.29. The van der Waals surface area contributed by atoms with E-state index in [0.717, 1.165) is 13.1 Å². The van der Waals surface area contributed by atoms with E-state index in [-0.39, 0.29) is 0 Å². The van der Waals surface area contributed by atoms with Crippen molar-refractivity contribution in [2.24, 2.45) is 0 Å². The van der Waals surface area contributed by atoms with Gasteiger partial charge >= 0.3 is 25.3 Å². The van der Waals surface area contributed by atoms with Crippen molar-refractivity contribution in [2.45, 2.75) is 104 Å². The number of aromatic nitrogens is 2. The zero-order valence-corrected chi connectivity index (χ0v) is 24.0. The molecule has 0 unspecified atom stereocenters. The van der Waals surface area contributed by atoms with Gasteiger partial charge in [0, 0.05) is 11.9 Å². The maximum atomic E-state index is 15.9. The van der Waals surface area contributed by atoms with E-state index in [0.29, 0.717) is 10.3 Å². The van der Waals surface area contributed by atoms with Gasteiger partial charge in [0.25, 0.3) is 5.85 Å². The fourth-order valence-corrected chi connectivity index (χ4v) is 5.43. The summed E-state index contributed by atoms with van der Waals surface area (Å²) in [6.45, 7) is 9.94. The van der Waals surface area contributed by atoms with Crippen molar-refractivity contribution in [1.29, 1.82) is 0 Å². The first-order valence-corrected chi connectivity index (χ1v) is 13.9. The van der Waals surface area contributed by atoms with Crippen LogP contribution >= 0.6 is 7.67 Å².